The first-order valence-electron chi connectivity index (χ1n) is 4.65. The van der Waals surface area contributed by atoms with Crippen molar-refractivity contribution >= 4 is 11.8 Å². The monoisotopic (exact) mass is 209 g/mol. The summed E-state index contributed by atoms with van der Waals surface area (Å²) in [5.74, 6) is -0.0564. The third-order valence-electron chi connectivity index (χ3n) is 1.93. The number of carboxylic acids is 1. The first-order valence-corrected chi connectivity index (χ1v) is 4.65. The quantitative estimate of drug-likeness (QED) is 0.772. The van der Waals surface area contributed by atoms with Gasteiger partial charge in [0.2, 0.25) is 0 Å². The highest BCUT2D eigenvalue weighted by Crippen LogP contribution is 2.20. The molecule has 0 saturated carbocycles. The molecule has 5 heteroatoms. The van der Waals surface area contributed by atoms with Gasteiger partial charge in [-0.1, -0.05) is 20.8 Å². The molecule has 0 spiro atoms. The number of carboxylic acid groups (broad SMARTS) is 1. The Morgan fingerprint density at radius 1 is 1.47 bits per heavy atom. The van der Waals surface area contributed by atoms with Crippen LogP contribution < -0.4 is 5.32 Å². The molecule has 0 unspecified atom stereocenters. The zero-order valence-electron chi connectivity index (χ0n) is 9.33. The molecule has 1 aromatic rings. The smallest absolute Gasteiger partial charge is 0.341 e. The Hall–Kier alpha value is -1.65. The maximum Gasteiger partial charge on any atom is 0.341 e. The summed E-state index contributed by atoms with van der Waals surface area (Å²) in [5.41, 5.74) is -0.103. The molecule has 0 aromatic carbocycles. The van der Waals surface area contributed by atoms with Gasteiger partial charge in [0.15, 0.2) is 0 Å². The number of anilines is 1. The molecule has 5 nitrogen and oxygen atoms in total. The Balaban J connectivity index is 3.25. The van der Waals surface area contributed by atoms with Crippen LogP contribution >= 0.6 is 0 Å². The van der Waals surface area contributed by atoms with Crippen molar-refractivity contribution in [3.63, 3.8) is 0 Å². The normalized spacial score (nSPS) is 11.2. The van der Waals surface area contributed by atoms with E-state index in [0.717, 1.165) is 0 Å². The topological polar surface area (TPSA) is 75.1 Å². The molecule has 1 rings (SSSR count). The summed E-state index contributed by atoms with van der Waals surface area (Å²) in [6.07, 6.45) is 1.34. The third kappa shape index (κ3) is 2.43. The molecule has 0 aliphatic carbocycles. The molecule has 0 atom stereocenters. The van der Waals surface area contributed by atoms with Crippen molar-refractivity contribution < 1.29 is 9.90 Å². The van der Waals surface area contributed by atoms with Gasteiger partial charge in [0, 0.05) is 18.7 Å². The molecular formula is C10H15N3O2. The number of aromatic carboxylic acids is 1. The second-order valence-electron chi connectivity index (χ2n) is 4.26. The van der Waals surface area contributed by atoms with E-state index in [1.165, 1.54) is 6.20 Å². The minimum Gasteiger partial charge on any atom is -0.477 e. The number of hydrogen-bond acceptors (Lipinski definition) is 4. The van der Waals surface area contributed by atoms with E-state index in [9.17, 15) is 4.79 Å². The standard InChI is InChI=1S/C10H15N3O2/c1-10(2,3)9-12-5-6(8(14)15)7(11-4)13-9/h5H,1-4H3,(H,14,15)(H,11,12,13). The fraction of sp³-hybridized carbons (Fsp3) is 0.500. The molecule has 0 radical (unpaired) electrons. The molecule has 82 valence electrons. The molecule has 0 saturated heterocycles. The molecule has 2 N–H and O–H groups in total. The molecule has 1 aromatic heterocycles. The Kier molecular flexibility index (Phi) is 2.93. The third-order valence-corrected chi connectivity index (χ3v) is 1.93. The Bertz CT molecular complexity index is 383. The lowest BCUT2D eigenvalue weighted by molar-refractivity contribution is 0.0697. The van der Waals surface area contributed by atoms with Gasteiger partial charge in [-0.25, -0.2) is 14.8 Å². The fourth-order valence-electron chi connectivity index (χ4n) is 1.09. The van der Waals surface area contributed by atoms with Crippen LogP contribution in [0.2, 0.25) is 0 Å². The maximum atomic E-state index is 10.8. The van der Waals surface area contributed by atoms with Crippen molar-refractivity contribution in [2.24, 2.45) is 0 Å². The highest BCUT2D eigenvalue weighted by molar-refractivity contribution is 5.92. The molecule has 0 aliphatic heterocycles. The highest BCUT2D eigenvalue weighted by atomic mass is 16.4. The predicted octanol–water partition coefficient (Wildman–Crippen LogP) is 1.51. The van der Waals surface area contributed by atoms with Crippen LogP contribution in [-0.2, 0) is 5.41 Å². The summed E-state index contributed by atoms with van der Waals surface area (Å²) in [6, 6.07) is 0. The lowest BCUT2D eigenvalue weighted by atomic mass is 9.95. The molecule has 1 heterocycles. The van der Waals surface area contributed by atoms with E-state index in [4.69, 9.17) is 5.11 Å². The lowest BCUT2D eigenvalue weighted by Crippen LogP contribution is -2.18. The van der Waals surface area contributed by atoms with Crippen LogP contribution in [0, 0.1) is 0 Å². The second-order valence-corrected chi connectivity index (χ2v) is 4.26. The molecule has 0 amide bonds. The molecule has 0 aliphatic rings. The van der Waals surface area contributed by atoms with Crippen LogP contribution in [0.4, 0.5) is 5.82 Å². The number of nitrogens with one attached hydrogen (secondary N) is 1. The van der Waals surface area contributed by atoms with Crippen LogP contribution in [0.5, 0.6) is 0 Å². The Morgan fingerprint density at radius 2 is 2.07 bits per heavy atom. The van der Waals surface area contributed by atoms with Crippen molar-refractivity contribution in [3.8, 4) is 0 Å². The van der Waals surface area contributed by atoms with Gasteiger partial charge in [0.05, 0.1) is 0 Å². The van der Waals surface area contributed by atoms with Gasteiger partial charge in [-0.05, 0) is 0 Å². The van der Waals surface area contributed by atoms with Gasteiger partial charge in [-0.15, -0.1) is 0 Å². The van der Waals surface area contributed by atoms with E-state index >= 15 is 0 Å². The van der Waals surface area contributed by atoms with Crippen LogP contribution in [0.1, 0.15) is 37.0 Å². The van der Waals surface area contributed by atoms with Crippen LogP contribution in [-0.4, -0.2) is 28.1 Å². The van der Waals surface area contributed by atoms with Gasteiger partial charge in [-0.3, -0.25) is 0 Å². The van der Waals surface area contributed by atoms with Crippen molar-refractivity contribution in [2.75, 3.05) is 12.4 Å². The zero-order chi connectivity index (χ0) is 11.6. The summed E-state index contributed by atoms with van der Waals surface area (Å²) >= 11 is 0. The van der Waals surface area contributed by atoms with E-state index in [1.807, 2.05) is 20.8 Å². The number of rotatable bonds is 2. The van der Waals surface area contributed by atoms with E-state index in [-0.39, 0.29) is 11.0 Å². The minimum absolute atomic E-state index is 0.0884. The largest absolute Gasteiger partial charge is 0.477 e. The zero-order valence-corrected chi connectivity index (χ0v) is 9.33. The maximum absolute atomic E-state index is 10.8. The van der Waals surface area contributed by atoms with E-state index in [2.05, 4.69) is 15.3 Å². The molecular weight excluding hydrogens is 194 g/mol. The summed E-state index contributed by atoms with van der Waals surface area (Å²) in [6.45, 7) is 5.92. The summed E-state index contributed by atoms with van der Waals surface area (Å²) in [7, 11) is 1.64. The highest BCUT2D eigenvalue weighted by Gasteiger charge is 2.20. The first kappa shape index (κ1) is 11.4. The summed E-state index contributed by atoms with van der Waals surface area (Å²) in [4.78, 5) is 19.1. The average Bonchev–Trinajstić information content (AvgIpc) is 2.15. The second kappa shape index (κ2) is 3.84. The molecule has 0 fully saturated rings. The number of nitrogens with zero attached hydrogens (tertiary/aromatic N) is 2. The van der Waals surface area contributed by atoms with Crippen LogP contribution in [0.15, 0.2) is 6.20 Å². The Morgan fingerprint density at radius 3 is 2.47 bits per heavy atom. The lowest BCUT2D eigenvalue weighted by Gasteiger charge is -2.17. The van der Waals surface area contributed by atoms with Crippen molar-refractivity contribution in [2.45, 2.75) is 26.2 Å². The van der Waals surface area contributed by atoms with Crippen molar-refractivity contribution in [3.05, 3.63) is 17.6 Å². The number of aromatic nitrogens is 2. The van der Waals surface area contributed by atoms with E-state index < -0.39 is 5.97 Å². The Labute approximate surface area is 88.6 Å². The van der Waals surface area contributed by atoms with Gasteiger partial charge in [0.1, 0.15) is 17.2 Å². The van der Waals surface area contributed by atoms with Crippen molar-refractivity contribution in [1.82, 2.24) is 9.97 Å². The average molecular weight is 209 g/mol. The molecule has 15 heavy (non-hydrogen) atoms. The molecule has 0 bridgehead atoms. The summed E-state index contributed by atoms with van der Waals surface area (Å²) < 4.78 is 0. The van der Waals surface area contributed by atoms with Crippen LogP contribution in [0.25, 0.3) is 0 Å². The fourth-order valence-corrected chi connectivity index (χ4v) is 1.09. The van der Waals surface area contributed by atoms with Gasteiger partial charge in [-0.2, -0.15) is 0 Å². The minimum atomic E-state index is -1.03. The van der Waals surface area contributed by atoms with E-state index in [0.29, 0.717) is 11.6 Å². The predicted molar refractivity (Wildman–Crippen MR) is 57.2 cm³/mol. The first-order chi connectivity index (χ1) is 6.86. The van der Waals surface area contributed by atoms with Crippen LogP contribution in [0.3, 0.4) is 0 Å². The van der Waals surface area contributed by atoms with Gasteiger partial charge in [0.25, 0.3) is 0 Å². The number of carbonyl (C=O) groups is 1. The van der Waals surface area contributed by atoms with Crippen molar-refractivity contribution in [1.29, 1.82) is 0 Å². The van der Waals surface area contributed by atoms with Gasteiger partial charge >= 0.3 is 5.97 Å². The van der Waals surface area contributed by atoms with Gasteiger partial charge < -0.3 is 10.4 Å². The van der Waals surface area contributed by atoms with E-state index in [1.54, 1.807) is 7.05 Å². The SMILES string of the molecule is CNc1nc(C(C)(C)C)ncc1C(=O)O. The summed E-state index contributed by atoms with van der Waals surface area (Å²) in [5, 5.41) is 11.6. The number of hydrogen-bond donors (Lipinski definition) is 2.